The number of nitrogens with one attached hydrogen (secondary N) is 1. The summed E-state index contributed by atoms with van der Waals surface area (Å²) in [6.45, 7) is 5.77. The topological polar surface area (TPSA) is 94.8 Å². The Hall–Kier alpha value is -3.42. The van der Waals surface area contributed by atoms with Crippen LogP contribution in [-0.4, -0.2) is 40.2 Å². The van der Waals surface area contributed by atoms with Crippen molar-refractivity contribution in [3.05, 3.63) is 58.5 Å². The number of methoxy groups -OCH3 is 1. The lowest BCUT2D eigenvalue weighted by Gasteiger charge is -2.11. The van der Waals surface area contributed by atoms with E-state index in [2.05, 4.69) is 15.4 Å². The number of nitrogens with zero attached hydrogens (tertiary/aromatic N) is 3. The van der Waals surface area contributed by atoms with Crippen molar-refractivity contribution in [3.8, 4) is 5.75 Å². The largest absolute Gasteiger partial charge is 0.496 e. The van der Waals surface area contributed by atoms with Gasteiger partial charge in [0.25, 0.3) is 5.91 Å². The first-order valence-electron chi connectivity index (χ1n) is 9.75. The van der Waals surface area contributed by atoms with E-state index < -0.39 is 5.97 Å². The average molecular weight is 410 g/mol. The number of ether oxygens (including phenoxy) is 2. The minimum atomic E-state index is -0.432. The van der Waals surface area contributed by atoms with Crippen LogP contribution in [0.3, 0.4) is 0 Å². The van der Waals surface area contributed by atoms with Crippen LogP contribution in [0.1, 0.15) is 34.6 Å². The molecule has 1 amide bonds. The minimum Gasteiger partial charge on any atom is -0.496 e. The molecule has 3 aromatic rings. The summed E-state index contributed by atoms with van der Waals surface area (Å²) in [6, 6.07) is 9.33. The van der Waals surface area contributed by atoms with Crippen molar-refractivity contribution in [3.63, 3.8) is 0 Å². The average Bonchev–Trinajstić information content (AvgIpc) is 3.10. The van der Waals surface area contributed by atoms with E-state index >= 15 is 0 Å². The molecule has 0 atom stereocenters. The summed E-state index contributed by atoms with van der Waals surface area (Å²) in [5, 5.41) is 7.16. The number of aromatic nitrogens is 3. The van der Waals surface area contributed by atoms with Crippen molar-refractivity contribution < 1.29 is 19.1 Å². The van der Waals surface area contributed by atoms with Gasteiger partial charge in [-0.05, 0) is 38.8 Å². The van der Waals surface area contributed by atoms with Crippen LogP contribution >= 0.6 is 0 Å². The summed E-state index contributed by atoms with van der Waals surface area (Å²) in [4.78, 5) is 28.7. The molecule has 0 aliphatic carbocycles. The molecule has 30 heavy (non-hydrogen) atoms. The maximum absolute atomic E-state index is 12.1. The van der Waals surface area contributed by atoms with Crippen LogP contribution in [-0.2, 0) is 27.3 Å². The fourth-order valence-corrected chi connectivity index (χ4v) is 3.34. The van der Waals surface area contributed by atoms with Gasteiger partial charge in [0, 0.05) is 36.0 Å². The number of amides is 1. The number of carbonyl (C=O) groups is 2. The van der Waals surface area contributed by atoms with Crippen LogP contribution in [0.15, 0.2) is 30.3 Å². The molecular weight excluding hydrogens is 384 g/mol. The molecule has 1 N–H and O–H groups in total. The summed E-state index contributed by atoms with van der Waals surface area (Å²) >= 11 is 0. The van der Waals surface area contributed by atoms with Gasteiger partial charge in [0.15, 0.2) is 12.3 Å². The van der Waals surface area contributed by atoms with Gasteiger partial charge in [-0.25, -0.2) is 9.50 Å². The van der Waals surface area contributed by atoms with E-state index in [1.54, 1.807) is 11.6 Å². The zero-order valence-electron chi connectivity index (χ0n) is 17.7. The Bertz CT molecular complexity index is 1070. The summed E-state index contributed by atoms with van der Waals surface area (Å²) in [5.74, 6) is -0.104. The third kappa shape index (κ3) is 4.94. The van der Waals surface area contributed by atoms with Gasteiger partial charge in [-0.15, -0.1) is 0 Å². The predicted octanol–water partition coefficient (Wildman–Crippen LogP) is 2.46. The number of esters is 1. The minimum absolute atomic E-state index is 0.162. The predicted molar refractivity (Wildman–Crippen MR) is 111 cm³/mol. The van der Waals surface area contributed by atoms with Crippen molar-refractivity contribution >= 4 is 17.5 Å². The smallest absolute Gasteiger partial charge is 0.306 e. The monoisotopic (exact) mass is 410 g/mol. The molecule has 0 radical (unpaired) electrons. The Morgan fingerprint density at radius 3 is 2.70 bits per heavy atom. The van der Waals surface area contributed by atoms with Crippen LogP contribution in [0, 0.1) is 20.8 Å². The van der Waals surface area contributed by atoms with E-state index in [4.69, 9.17) is 9.47 Å². The van der Waals surface area contributed by atoms with E-state index in [1.807, 2.05) is 51.1 Å². The maximum atomic E-state index is 12.1. The van der Waals surface area contributed by atoms with Crippen molar-refractivity contribution in [1.29, 1.82) is 0 Å². The normalized spacial score (nSPS) is 10.8. The second-order valence-electron chi connectivity index (χ2n) is 7.07. The molecule has 0 unspecified atom stereocenters. The lowest BCUT2D eigenvalue weighted by atomic mass is 10.1. The molecule has 0 saturated carbocycles. The number of hydrogen-bond donors (Lipinski definition) is 1. The highest BCUT2D eigenvalue weighted by atomic mass is 16.5. The molecule has 1 aromatic carbocycles. The molecule has 0 spiro atoms. The van der Waals surface area contributed by atoms with Crippen LogP contribution in [0.2, 0.25) is 0 Å². The van der Waals surface area contributed by atoms with Crippen molar-refractivity contribution in [2.24, 2.45) is 0 Å². The second-order valence-corrected chi connectivity index (χ2v) is 7.07. The standard InChI is InChI=1S/C22H26N4O4/c1-14-11-20-24-15(2)18(16(3)26(20)25-14)9-10-22(28)30-13-21(27)23-12-17-7-5-6-8-19(17)29-4/h5-8,11H,9-10,12-13H2,1-4H3,(H,23,27). The van der Waals surface area contributed by atoms with E-state index in [0.29, 0.717) is 18.7 Å². The van der Waals surface area contributed by atoms with Gasteiger partial charge < -0.3 is 14.8 Å². The lowest BCUT2D eigenvalue weighted by molar-refractivity contribution is -0.148. The number of hydrogen-bond acceptors (Lipinski definition) is 6. The van der Waals surface area contributed by atoms with E-state index in [-0.39, 0.29) is 18.9 Å². The van der Waals surface area contributed by atoms with Gasteiger partial charge in [0.05, 0.1) is 12.8 Å². The molecule has 0 aliphatic rings. The summed E-state index contributed by atoms with van der Waals surface area (Å²) in [5.41, 5.74) is 5.31. The van der Waals surface area contributed by atoms with Gasteiger partial charge >= 0.3 is 5.97 Å². The molecule has 0 saturated heterocycles. The van der Waals surface area contributed by atoms with Gasteiger partial charge in [0.2, 0.25) is 0 Å². The molecule has 0 fully saturated rings. The van der Waals surface area contributed by atoms with Crippen molar-refractivity contribution in [1.82, 2.24) is 19.9 Å². The highest BCUT2D eigenvalue weighted by molar-refractivity contribution is 5.80. The van der Waals surface area contributed by atoms with Crippen LogP contribution in [0.4, 0.5) is 0 Å². The third-order valence-corrected chi connectivity index (χ3v) is 4.90. The van der Waals surface area contributed by atoms with Gasteiger partial charge in [-0.1, -0.05) is 18.2 Å². The Morgan fingerprint density at radius 2 is 1.93 bits per heavy atom. The number of aryl methyl sites for hydroxylation is 3. The van der Waals surface area contributed by atoms with Crippen LogP contribution in [0.25, 0.3) is 5.65 Å². The summed E-state index contributed by atoms with van der Waals surface area (Å²) in [6.07, 6.45) is 0.635. The first kappa shape index (κ1) is 21.3. The van der Waals surface area contributed by atoms with Crippen LogP contribution < -0.4 is 10.1 Å². The molecule has 2 aromatic heterocycles. The first-order chi connectivity index (χ1) is 14.4. The zero-order valence-corrected chi connectivity index (χ0v) is 17.7. The number of fused-ring (bicyclic) bond motifs is 1. The van der Waals surface area contributed by atoms with Gasteiger partial charge in [-0.2, -0.15) is 5.10 Å². The first-order valence-corrected chi connectivity index (χ1v) is 9.75. The Kier molecular flexibility index (Phi) is 6.66. The number of benzene rings is 1. The highest BCUT2D eigenvalue weighted by Crippen LogP contribution is 2.18. The SMILES string of the molecule is COc1ccccc1CNC(=O)COC(=O)CCc1c(C)nc2cc(C)nn2c1C. The molecule has 2 heterocycles. The highest BCUT2D eigenvalue weighted by Gasteiger charge is 2.14. The Morgan fingerprint density at radius 1 is 1.17 bits per heavy atom. The molecule has 158 valence electrons. The molecular formula is C22H26N4O4. The third-order valence-electron chi connectivity index (χ3n) is 4.90. The van der Waals surface area contributed by atoms with Crippen molar-refractivity contribution in [2.45, 2.75) is 40.2 Å². The van der Waals surface area contributed by atoms with E-state index in [0.717, 1.165) is 33.9 Å². The summed E-state index contributed by atoms with van der Waals surface area (Å²) < 4.78 is 12.2. The van der Waals surface area contributed by atoms with E-state index in [1.165, 1.54) is 0 Å². The molecule has 8 heteroatoms. The fourth-order valence-electron chi connectivity index (χ4n) is 3.34. The zero-order chi connectivity index (χ0) is 21.7. The number of carbonyl (C=O) groups excluding carboxylic acids is 2. The quantitative estimate of drug-likeness (QED) is 0.573. The molecule has 3 rings (SSSR count). The summed E-state index contributed by atoms with van der Waals surface area (Å²) in [7, 11) is 1.58. The van der Waals surface area contributed by atoms with E-state index in [9.17, 15) is 9.59 Å². The van der Waals surface area contributed by atoms with Gasteiger partial charge in [-0.3, -0.25) is 9.59 Å². The second kappa shape index (κ2) is 9.39. The fraction of sp³-hybridized carbons (Fsp3) is 0.364. The molecule has 0 bridgehead atoms. The molecule has 0 aliphatic heterocycles. The lowest BCUT2D eigenvalue weighted by Crippen LogP contribution is -2.28. The Balaban J connectivity index is 1.49. The number of rotatable bonds is 8. The van der Waals surface area contributed by atoms with Gasteiger partial charge in [0.1, 0.15) is 5.75 Å². The number of para-hydroxylation sites is 1. The maximum Gasteiger partial charge on any atom is 0.306 e. The van der Waals surface area contributed by atoms with Crippen molar-refractivity contribution in [2.75, 3.05) is 13.7 Å². The molecule has 8 nitrogen and oxygen atoms in total. The Labute approximate surface area is 175 Å². The van der Waals surface area contributed by atoms with Crippen LogP contribution in [0.5, 0.6) is 5.75 Å².